The number of hydrogen-bond acceptors (Lipinski definition) is 5. The Labute approximate surface area is 170 Å². The van der Waals surface area contributed by atoms with E-state index in [1.807, 2.05) is 36.6 Å². The predicted octanol–water partition coefficient (Wildman–Crippen LogP) is 4.26. The van der Waals surface area contributed by atoms with Crippen LogP contribution in [-0.4, -0.2) is 23.4 Å². The Balaban J connectivity index is 1.43. The molecule has 0 aliphatic heterocycles. The van der Waals surface area contributed by atoms with Gasteiger partial charge in [-0.15, -0.1) is 11.3 Å². The predicted molar refractivity (Wildman–Crippen MR) is 105 cm³/mol. The molecule has 2 aromatic carbocycles. The van der Waals surface area contributed by atoms with E-state index in [0.29, 0.717) is 11.8 Å². The highest BCUT2D eigenvalue weighted by Crippen LogP contribution is 2.24. The molecule has 5 nitrogen and oxygen atoms in total. The molecular weight excluding hydrogens is 398 g/mol. The first-order valence-electron chi connectivity index (χ1n) is 8.82. The van der Waals surface area contributed by atoms with Crippen LogP contribution in [0.4, 0.5) is 8.78 Å². The van der Waals surface area contributed by atoms with E-state index in [9.17, 15) is 18.4 Å². The Morgan fingerprint density at radius 3 is 2.62 bits per heavy atom. The van der Waals surface area contributed by atoms with Crippen molar-refractivity contribution in [2.24, 2.45) is 0 Å². The first-order chi connectivity index (χ1) is 13.9. The summed E-state index contributed by atoms with van der Waals surface area (Å²) in [6.07, 6.45) is -0.0799. The summed E-state index contributed by atoms with van der Waals surface area (Å²) in [7, 11) is 0. The van der Waals surface area contributed by atoms with E-state index < -0.39 is 23.5 Å². The lowest BCUT2D eigenvalue weighted by Crippen LogP contribution is -2.27. The molecule has 0 saturated heterocycles. The molecule has 1 amide bonds. The highest BCUT2D eigenvalue weighted by Gasteiger charge is 2.13. The summed E-state index contributed by atoms with van der Waals surface area (Å²) in [4.78, 5) is 28.1. The van der Waals surface area contributed by atoms with Gasteiger partial charge in [-0.25, -0.2) is 13.8 Å². The van der Waals surface area contributed by atoms with Gasteiger partial charge in [0.25, 0.3) is 5.91 Å². The third-order valence-electron chi connectivity index (χ3n) is 4.02. The average molecular weight is 416 g/mol. The molecule has 0 radical (unpaired) electrons. The smallest absolute Gasteiger partial charge is 0.307 e. The lowest BCUT2D eigenvalue weighted by atomic mass is 10.2. The third-order valence-corrected chi connectivity index (χ3v) is 4.96. The minimum atomic E-state index is -0.960. The van der Waals surface area contributed by atoms with Crippen molar-refractivity contribution in [3.05, 3.63) is 76.3 Å². The Morgan fingerprint density at radius 2 is 1.90 bits per heavy atom. The molecule has 0 unspecified atom stereocenters. The second-order valence-corrected chi connectivity index (χ2v) is 7.16. The third kappa shape index (κ3) is 5.68. The lowest BCUT2D eigenvalue weighted by Gasteiger charge is -2.06. The first kappa shape index (κ1) is 20.6. The molecule has 1 aromatic heterocycles. The van der Waals surface area contributed by atoms with Crippen LogP contribution in [0.25, 0.3) is 10.6 Å². The Kier molecular flexibility index (Phi) is 6.66. The molecule has 1 N–H and O–H groups in total. The summed E-state index contributed by atoms with van der Waals surface area (Å²) in [5, 5.41) is 5.06. The van der Waals surface area contributed by atoms with Crippen LogP contribution in [0.3, 0.4) is 0 Å². The van der Waals surface area contributed by atoms with Crippen molar-refractivity contribution in [2.75, 3.05) is 6.54 Å². The van der Waals surface area contributed by atoms with Gasteiger partial charge in [-0.3, -0.25) is 9.59 Å². The Morgan fingerprint density at radius 1 is 1.14 bits per heavy atom. The van der Waals surface area contributed by atoms with Gasteiger partial charge >= 0.3 is 5.97 Å². The fraction of sp³-hybridized carbons (Fsp3) is 0.190. The summed E-state index contributed by atoms with van der Waals surface area (Å²) in [5.41, 5.74) is 2.50. The molecule has 0 aliphatic carbocycles. The van der Waals surface area contributed by atoms with Crippen LogP contribution >= 0.6 is 11.3 Å². The zero-order valence-corrected chi connectivity index (χ0v) is 16.4. The van der Waals surface area contributed by atoms with E-state index in [2.05, 4.69) is 10.3 Å². The van der Waals surface area contributed by atoms with E-state index in [1.165, 1.54) is 11.3 Å². The second-order valence-electron chi connectivity index (χ2n) is 6.30. The van der Waals surface area contributed by atoms with Gasteiger partial charge in [0, 0.05) is 23.6 Å². The van der Waals surface area contributed by atoms with Gasteiger partial charge < -0.3 is 10.1 Å². The molecule has 29 heavy (non-hydrogen) atoms. The van der Waals surface area contributed by atoms with Gasteiger partial charge in [-0.05, 0) is 19.1 Å². The zero-order chi connectivity index (χ0) is 20.8. The topological polar surface area (TPSA) is 68.3 Å². The number of aryl methyl sites for hydroxylation is 1. The van der Waals surface area contributed by atoms with Crippen molar-refractivity contribution in [3.8, 4) is 10.6 Å². The SMILES string of the molecule is Cc1ccc(-c2nc(COC(=O)CCNC(=O)c3ccc(F)cc3F)cs2)cc1. The summed E-state index contributed by atoms with van der Waals surface area (Å²) in [5.74, 6) is -2.97. The largest absolute Gasteiger partial charge is 0.459 e. The standard InChI is InChI=1S/C21H18F2N2O3S/c1-13-2-4-14(5-3-13)21-25-16(12-29-21)11-28-19(26)8-9-24-20(27)17-7-6-15(22)10-18(17)23/h2-7,10,12H,8-9,11H2,1H3,(H,24,27). The summed E-state index contributed by atoms with van der Waals surface area (Å²) in [6, 6.07) is 10.6. The van der Waals surface area contributed by atoms with Crippen molar-refractivity contribution in [2.45, 2.75) is 20.0 Å². The number of nitrogens with zero attached hydrogens (tertiary/aromatic N) is 1. The number of benzene rings is 2. The van der Waals surface area contributed by atoms with Gasteiger partial charge in [0.15, 0.2) is 0 Å². The number of carbonyl (C=O) groups is 2. The normalized spacial score (nSPS) is 10.6. The maximum atomic E-state index is 13.5. The van der Waals surface area contributed by atoms with Crippen LogP contribution in [0.2, 0.25) is 0 Å². The average Bonchev–Trinajstić information content (AvgIpc) is 3.16. The maximum absolute atomic E-state index is 13.5. The molecule has 0 saturated carbocycles. The van der Waals surface area contributed by atoms with Crippen LogP contribution in [0, 0.1) is 18.6 Å². The number of aromatic nitrogens is 1. The molecule has 1 heterocycles. The van der Waals surface area contributed by atoms with Crippen molar-refractivity contribution >= 4 is 23.2 Å². The molecule has 0 bridgehead atoms. The summed E-state index contributed by atoms with van der Waals surface area (Å²) >= 11 is 1.46. The molecule has 0 aliphatic rings. The zero-order valence-electron chi connectivity index (χ0n) is 15.6. The second kappa shape index (κ2) is 9.38. The Bertz CT molecular complexity index is 1020. The number of thiazole rings is 1. The summed E-state index contributed by atoms with van der Waals surface area (Å²) < 4.78 is 31.6. The van der Waals surface area contributed by atoms with E-state index >= 15 is 0 Å². The van der Waals surface area contributed by atoms with E-state index in [1.54, 1.807) is 0 Å². The number of hydrogen-bond donors (Lipinski definition) is 1. The monoisotopic (exact) mass is 416 g/mol. The molecule has 150 valence electrons. The van der Waals surface area contributed by atoms with Crippen LogP contribution in [-0.2, 0) is 16.1 Å². The fourth-order valence-corrected chi connectivity index (χ4v) is 3.29. The van der Waals surface area contributed by atoms with E-state index in [0.717, 1.165) is 28.3 Å². The molecule has 3 aromatic rings. The number of amides is 1. The minimum absolute atomic E-state index is 0.0276. The molecular formula is C21H18F2N2O3S. The van der Waals surface area contributed by atoms with Crippen molar-refractivity contribution in [1.82, 2.24) is 10.3 Å². The molecule has 0 atom stereocenters. The molecule has 0 spiro atoms. The van der Waals surface area contributed by atoms with Crippen molar-refractivity contribution in [3.63, 3.8) is 0 Å². The van der Waals surface area contributed by atoms with Crippen LogP contribution < -0.4 is 5.32 Å². The van der Waals surface area contributed by atoms with Crippen LogP contribution in [0.1, 0.15) is 28.0 Å². The van der Waals surface area contributed by atoms with E-state index in [4.69, 9.17) is 4.74 Å². The van der Waals surface area contributed by atoms with Crippen LogP contribution in [0.15, 0.2) is 47.8 Å². The van der Waals surface area contributed by atoms with E-state index in [-0.39, 0.29) is 25.1 Å². The van der Waals surface area contributed by atoms with Crippen molar-refractivity contribution < 1.29 is 23.1 Å². The highest BCUT2D eigenvalue weighted by atomic mass is 32.1. The molecule has 3 rings (SSSR count). The van der Waals surface area contributed by atoms with Gasteiger partial charge in [0.2, 0.25) is 0 Å². The van der Waals surface area contributed by atoms with Gasteiger partial charge in [-0.1, -0.05) is 29.8 Å². The Hall–Kier alpha value is -3.13. The number of nitrogens with one attached hydrogen (secondary N) is 1. The molecule has 0 fully saturated rings. The minimum Gasteiger partial charge on any atom is -0.459 e. The number of esters is 1. The number of ether oxygens (including phenoxy) is 1. The maximum Gasteiger partial charge on any atom is 0.307 e. The lowest BCUT2D eigenvalue weighted by molar-refractivity contribution is -0.144. The van der Waals surface area contributed by atoms with Gasteiger partial charge in [0.05, 0.1) is 17.7 Å². The number of carbonyl (C=O) groups excluding carboxylic acids is 2. The quantitative estimate of drug-likeness (QED) is 0.585. The number of rotatable bonds is 7. The highest BCUT2D eigenvalue weighted by molar-refractivity contribution is 7.13. The van der Waals surface area contributed by atoms with Crippen LogP contribution in [0.5, 0.6) is 0 Å². The number of halogens is 2. The van der Waals surface area contributed by atoms with Crippen molar-refractivity contribution in [1.29, 1.82) is 0 Å². The summed E-state index contributed by atoms with van der Waals surface area (Å²) in [6.45, 7) is 2.01. The van der Waals surface area contributed by atoms with Gasteiger partial charge in [0.1, 0.15) is 23.2 Å². The molecule has 8 heteroatoms. The fourth-order valence-electron chi connectivity index (χ4n) is 2.48. The van der Waals surface area contributed by atoms with Gasteiger partial charge in [-0.2, -0.15) is 0 Å². The first-order valence-corrected chi connectivity index (χ1v) is 9.70.